The van der Waals surface area contributed by atoms with Crippen molar-refractivity contribution in [2.24, 2.45) is 0 Å². The smallest absolute Gasteiger partial charge is 0.246 e. The topological polar surface area (TPSA) is 25.8 Å². The van der Waals surface area contributed by atoms with E-state index in [4.69, 9.17) is 9.97 Å². The van der Waals surface area contributed by atoms with E-state index < -0.39 is 11.7 Å². The van der Waals surface area contributed by atoms with Crippen LogP contribution >= 0.6 is 0 Å². The summed E-state index contributed by atoms with van der Waals surface area (Å²) >= 11 is 0. The molecule has 0 fully saturated rings. The van der Waals surface area contributed by atoms with E-state index in [2.05, 4.69) is 0 Å². The highest BCUT2D eigenvalue weighted by atomic mass is 19.4. The van der Waals surface area contributed by atoms with Gasteiger partial charge in [-0.1, -0.05) is 60.7 Å². The SMILES string of the molecule is Fc1ccc(/C=C/c2ccc3ccc4ccc(/C=C/c5ccc(C(F)(F)F)cc5)nc4c3n2)cc1. The van der Waals surface area contributed by atoms with Crippen molar-refractivity contribution >= 4 is 46.1 Å². The third-order valence-electron chi connectivity index (χ3n) is 5.56. The lowest BCUT2D eigenvalue weighted by Crippen LogP contribution is -2.03. The molecular weight excluding hydrogens is 452 g/mol. The van der Waals surface area contributed by atoms with Gasteiger partial charge in [-0.25, -0.2) is 14.4 Å². The first kappa shape index (κ1) is 22.5. The summed E-state index contributed by atoms with van der Waals surface area (Å²) in [5.74, 6) is -0.285. The van der Waals surface area contributed by atoms with Crippen LogP contribution in [0.4, 0.5) is 17.6 Å². The Hall–Kier alpha value is -4.32. The second-order valence-corrected chi connectivity index (χ2v) is 8.02. The summed E-state index contributed by atoms with van der Waals surface area (Å²) in [7, 11) is 0. The summed E-state index contributed by atoms with van der Waals surface area (Å²) in [6.45, 7) is 0. The average molecular weight is 470 g/mol. The van der Waals surface area contributed by atoms with Crippen LogP contribution in [0.3, 0.4) is 0 Å². The maximum absolute atomic E-state index is 13.1. The van der Waals surface area contributed by atoms with Crippen molar-refractivity contribution < 1.29 is 17.6 Å². The molecule has 0 aliphatic heterocycles. The van der Waals surface area contributed by atoms with Crippen molar-refractivity contribution in [3.8, 4) is 0 Å². The zero-order valence-electron chi connectivity index (χ0n) is 18.3. The molecule has 5 rings (SSSR count). The Kier molecular flexibility index (Phi) is 5.87. The van der Waals surface area contributed by atoms with Gasteiger partial charge in [0.15, 0.2) is 0 Å². The Morgan fingerprint density at radius 1 is 0.514 bits per heavy atom. The van der Waals surface area contributed by atoms with Crippen LogP contribution in [0, 0.1) is 5.82 Å². The quantitative estimate of drug-likeness (QED) is 0.195. The average Bonchev–Trinajstić information content (AvgIpc) is 2.86. The van der Waals surface area contributed by atoms with Crippen molar-refractivity contribution in [2.75, 3.05) is 0 Å². The van der Waals surface area contributed by atoms with Crippen LogP contribution in [0.2, 0.25) is 0 Å². The number of alkyl halides is 3. The molecule has 0 amide bonds. The van der Waals surface area contributed by atoms with Gasteiger partial charge in [-0.3, -0.25) is 0 Å². The minimum absolute atomic E-state index is 0.285. The third-order valence-corrected chi connectivity index (χ3v) is 5.56. The molecular formula is C29H18F4N2. The summed E-state index contributed by atoms with van der Waals surface area (Å²) in [6.07, 6.45) is 2.86. The van der Waals surface area contributed by atoms with Crippen LogP contribution in [-0.2, 0) is 6.18 Å². The van der Waals surface area contributed by atoms with Crippen molar-refractivity contribution in [3.05, 3.63) is 119 Å². The fraction of sp³-hybridized carbons (Fsp3) is 0.0345. The second kappa shape index (κ2) is 9.14. The van der Waals surface area contributed by atoms with Crippen LogP contribution in [0.15, 0.2) is 84.9 Å². The van der Waals surface area contributed by atoms with E-state index in [1.54, 1.807) is 24.3 Å². The number of hydrogen-bond donors (Lipinski definition) is 0. The van der Waals surface area contributed by atoms with Gasteiger partial charge in [0.1, 0.15) is 5.82 Å². The summed E-state index contributed by atoms with van der Waals surface area (Å²) in [5, 5.41) is 1.86. The number of rotatable bonds is 4. The molecule has 172 valence electrons. The third kappa shape index (κ3) is 5.11. The molecule has 0 atom stereocenters. The molecule has 0 radical (unpaired) electrons. The van der Waals surface area contributed by atoms with Gasteiger partial charge in [-0.2, -0.15) is 13.2 Å². The number of hydrogen-bond acceptors (Lipinski definition) is 2. The molecule has 0 saturated carbocycles. The summed E-state index contributed by atoms with van der Waals surface area (Å²) in [6, 6.07) is 22.8. The molecule has 0 N–H and O–H groups in total. The highest BCUT2D eigenvalue weighted by Gasteiger charge is 2.29. The predicted molar refractivity (Wildman–Crippen MR) is 133 cm³/mol. The van der Waals surface area contributed by atoms with E-state index in [9.17, 15) is 17.6 Å². The van der Waals surface area contributed by atoms with Crippen LogP contribution < -0.4 is 0 Å². The lowest BCUT2D eigenvalue weighted by atomic mass is 10.1. The Labute approximate surface area is 198 Å². The number of nitrogens with zero attached hydrogens (tertiary/aromatic N) is 2. The number of fused-ring (bicyclic) bond motifs is 3. The van der Waals surface area contributed by atoms with Crippen LogP contribution in [0.25, 0.3) is 46.1 Å². The lowest BCUT2D eigenvalue weighted by molar-refractivity contribution is -0.137. The fourth-order valence-electron chi connectivity index (χ4n) is 3.70. The van der Waals surface area contributed by atoms with Gasteiger partial charge in [0.25, 0.3) is 0 Å². The monoisotopic (exact) mass is 470 g/mol. The minimum Gasteiger partial charge on any atom is -0.246 e. The van der Waals surface area contributed by atoms with E-state index in [-0.39, 0.29) is 5.82 Å². The van der Waals surface area contributed by atoms with Crippen molar-refractivity contribution in [2.45, 2.75) is 6.18 Å². The van der Waals surface area contributed by atoms with Crippen molar-refractivity contribution in [1.29, 1.82) is 0 Å². The zero-order chi connectivity index (χ0) is 24.4. The largest absolute Gasteiger partial charge is 0.416 e. The molecule has 0 spiro atoms. The first-order chi connectivity index (χ1) is 16.8. The van der Waals surface area contributed by atoms with Gasteiger partial charge in [0.2, 0.25) is 0 Å². The molecule has 0 aliphatic carbocycles. The van der Waals surface area contributed by atoms with Gasteiger partial charge in [-0.05, 0) is 59.7 Å². The van der Waals surface area contributed by atoms with Gasteiger partial charge >= 0.3 is 6.18 Å². The fourth-order valence-corrected chi connectivity index (χ4v) is 3.70. The van der Waals surface area contributed by atoms with Gasteiger partial charge in [0, 0.05) is 10.8 Å². The second-order valence-electron chi connectivity index (χ2n) is 8.02. The summed E-state index contributed by atoms with van der Waals surface area (Å²) in [5.41, 5.74) is 3.70. The Morgan fingerprint density at radius 2 is 0.943 bits per heavy atom. The summed E-state index contributed by atoms with van der Waals surface area (Å²) in [4.78, 5) is 9.52. The molecule has 0 saturated heterocycles. The van der Waals surface area contributed by atoms with E-state index in [0.29, 0.717) is 11.3 Å². The van der Waals surface area contributed by atoms with Crippen LogP contribution in [0.1, 0.15) is 28.1 Å². The van der Waals surface area contributed by atoms with E-state index in [1.165, 1.54) is 24.3 Å². The molecule has 2 heterocycles. The zero-order valence-corrected chi connectivity index (χ0v) is 18.3. The highest BCUT2D eigenvalue weighted by Crippen LogP contribution is 2.29. The molecule has 0 aliphatic rings. The normalized spacial score (nSPS) is 12.3. The Morgan fingerprint density at radius 3 is 1.40 bits per heavy atom. The van der Waals surface area contributed by atoms with Crippen LogP contribution in [-0.4, -0.2) is 9.97 Å². The summed E-state index contributed by atoms with van der Waals surface area (Å²) < 4.78 is 51.4. The molecule has 0 bridgehead atoms. The highest BCUT2D eigenvalue weighted by molar-refractivity contribution is 6.03. The van der Waals surface area contributed by atoms with Crippen molar-refractivity contribution in [3.63, 3.8) is 0 Å². The first-order valence-electron chi connectivity index (χ1n) is 10.8. The molecule has 3 aromatic carbocycles. The molecule has 0 unspecified atom stereocenters. The molecule has 5 aromatic rings. The lowest BCUT2D eigenvalue weighted by Gasteiger charge is -2.06. The van der Waals surface area contributed by atoms with Crippen LogP contribution in [0.5, 0.6) is 0 Å². The van der Waals surface area contributed by atoms with E-state index in [0.717, 1.165) is 45.2 Å². The standard InChI is InChI=1S/C29H18F4N2/c30-24-13-3-20(4-14-24)6-16-26-18-10-22-8-7-21-9-17-25(34-27(21)28(22)35-26)15-5-19-1-11-23(12-2-19)29(31,32)33/h1-18H/b15-5+,16-6+. The maximum atomic E-state index is 13.1. The Balaban J connectivity index is 1.47. The van der Waals surface area contributed by atoms with E-state index >= 15 is 0 Å². The van der Waals surface area contributed by atoms with Gasteiger partial charge in [-0.15, -0.1) is 0 Å². The Bertz CT molecular complexity index is 1570. The number of benzene rings is 3. The number of pyridine rings is 2. The minimum atomic E-state index is -4.36. The predicted octanol–water partition coefficient (Wildman–Crippen LogP) is 8.28. The molecule has 2 aromatic heterocycles. The van der Waals surface area contributed by atoms with Gasteiger partial charge < -0.3 is 0 Å². The van der Waals surface area contributed by atoms with Gasteiger partial charge in [0.05, 0.1) is 28.0 Å². The molecule has 6 heteroatoms. The van der Waals surface area contributed by atoms with E-state index in [1.807, 2.05) is 48.6 Å². The maximum Gasteiger partial charge on any atom is 0.416 e. The molecule has 35 heavy (non-hydrogen) atoms. The number of aromatic nitrogens is 2. The molecule has 2 nitrogen and oxygen atoms in total. The van der Waals surface area contributed by atoms with Crippen molar-refractivity contribution in [1.82, 2.24) is 9.97 Å². The number of halogens is 4. The first-order valence-corrected chi connectivity index (χ1v) is 10.8.